The maximum atomic E-state index is 13.4. The van der Waals surface area contributed by atoms with Gasteiger partial charge in [-0.25, -0.2) is 4.79 Å². The molecule has 2 aliphatic heterocycles. The Morgan fingerprint density at radius 2 is 1.74 bits per heavy atom. The fourth-order valence-electron chi connectivity index (χ4n) is 4.83. The smallest absolute Gasteiger partial charge is 0.435 e. The molecular weight excluding hydrogens is 502 g/mol. The summed E-state index contributed by atoms with van der Waals surface area (Å²) in [4.78, 5) is 43.0. The lowest BCUT2D eigenvalue weighted by molar-refractivity contribution is -0.143. The Morgan fingerprint density at radius 3 is 2.41 bits per heavy atom. The van der Waals surface area contributed by atoms with Gasteiger partial charge in [0.1, 0.15) is 0 Å². The van der Waals surface area contributed by atoms with Gasteiger partial charge in [0.25, 0.3) is 11.8 Å². The molecule has 1 fully saturated rings. The first kappa shape index (κ1) is 26.4. The topological polar surface area (TPSA) is 115 Å². The fourth-order valence-corrected chi connectivity index (χ4v) is 4.83. The van der Waals surface area contributed by atoms with Crippen molar-refractivity contribution in [3.8, 4) is 0 Å². The van der Waals surface area contributed by atoms with E-state index in [2.05, 4.69) is 15.3 Å². The number of nitrogens with zero attached hydrogens (tertiary/aromatic N) is 4. The minimum Gasteiger partial charge on any atom is -0.448 e. The first-order valence-corrected chi connectivity index (χ1v) is 12.9. The van der Waals surface area contributed by atoms with Crippen LogP contribution in [0, 0.1) is 0 Å². The number of hydrogen-bond acceptors (Lipinski definition) is 8. The average Bonchev–Trinajstić information content (AvgIpc) is 3.55. The van der Waals surface area contributed by atoms with Crippen molar-refractivity contribution < 1.29 is 28.6 Å². The second-order valence-corrected chi connectivity index (χ2v) is 9.21. The van der Waals surface area contributed by atoms with Crippen molar-refractivity contribution in [1.82, 2.24) is 14.7 Å². The van der Waals surface area contributed by atoms with Crippen LogP contribution in [0.25, 0.3) is 0 Å². The first-order chi connectivity index (χ1) is 19.0. The summed E-state index contributed by atoms with van der Waals surface area (Å²) in [5.41, 5.74) is 3.26. The lowest BCUT2D eigenvalue weighted by Crippen LogP contribution is -2.36. The number of anilines is 2. The Hall–Kier alpha value is -4.22. The first-order valence-electron chi connectivity index (χ1n) is 12.9. The van der Waals surface area contributed by atoms with Crippen LogP contribution in [0.2, 0.25) is 0 Å². The summed E-state index contributed by atoms with van der Waals surface area (Å²) < 4.78 is 17.2. The highest BCUT2D eigenvalue weighted by molar-refractivity contribution is 6.04. The highest BCUT2D eigenvalue weighted by Gasteiger charge is 2.36. The highest BCUT2D eigenvalue weighted by Crippen LogP contribution is 2.32. The van der Waals surface area contributed by atoms with Gasteiger partial charge in [-0.05, 0) is 36.8 Å². The van der Waals surface area contributed by atoms with Gasteiger partial charge < -0.3 is 29.3 Å². The highest BCUT2D eigenvalue weighted by atomic mass is 16.6. The summed E-state index contributed by atoms with van der Waals surface area (Å²) in [7, 11) is 1.48. The van der Waals surface area contributed by atoms with Gasteiger partial charge in [-0.3, -0.25) is 9.59 Å². The Bertz CT molecular complexity index is 1330. The monoisotopic (exact) mass is 533 g/mol. The van der Waals surface area contributed by atoms with Gasteiger partial charge in [0.05, 0.1) is 38.6 Å². The number of methoxy groups -OCH3 is 1. The molecule has 1 atom stereocenters. The third kappa shape index (κ3) is 5.50. The molecule has 1 N–H and O–H groups in total. The average molecular weight is 534 g/mol. The molecule has 3 heterocycles. The zero-order chi connectivity index (χ0) is 27.4. The number of carbonyl (C=O) groups excluding carboxylic acids is 3. The Kier molecular flexibility index (Phi) is 7.89. The van der Waals surface area contributed by atoms with E-state index in [1.807, 2.05) is 42.5 Å². The van der Waals surface area contributed by atoms with Crippen molar-refractivity contribution in [3.05, 3.63) is 77.0 Å². The van der Waals surface area contributed by atoms with Crippen LogP contribution in [-0.2, 0) is 32.1 Å². The van der Waals surface area contributed by atoms with E-state index in [0.29, 0.717) is 30.0 Å². The van der Waals surface area contributed by atoms with Crippen molar-refractivity contribution >= 4 is 29.4 Å². The van der Waals surface area contributed by atoms with E-state index in [0.717, 1.165) is 29.0 Å². The standard InChI is InChI=1S/C28H31N5O6/c1-3-39-28(36)33-23-18-32(27(35)24(37-2)19-7-5-4-6-8-19)17-22(23)25(30-33)29-26(34)20-9-11-21(12-10-20)31-13-15-38-16-14-31/h4-12,24H,3,13-18H2,1-2H3,(H,29,30,34)/t24-/m1/s1. The number of fused-ring (bicyclic) bond motifs is 1. The Labute approximate surface area is 226 Å². The molecule has 0 spiro atoms. The summed E-state index contributed by atoms with van der Waals surface area (Å²) in [6.07, 6.45) is -1.48. The predicted octanol–water partition coefficient (Wildman–Crippen LogP) is 3.21. The summed E-state index contributed by atoms with van der Waals surface area (Å²) in [5, 5.41) is 7.17. The minimum atomic E-state index is -0.803. The number of benzene rings is 2. The summed E-state index contributed by atoms with van der Waals surface area (Å²) in [5.74, 6) is -0.417. The second-order valence-electron chi connectivity index (χ2n) is 9.21. The number of amides is 2. The molecular formula is C28H31N5O6. The number of hydrogen-bond donors (Lipinski definition) is 1. The van der Waals surface area contributed by atoms with E-state index in [1.54, 1.807) is 24.0 Å². The van der Waals surface area contributed by atoms with Crippen LogP contribution >= 0.6 is 0 Å². The second kappa shape index (κ2) is 11.7. The van der Waals surface area contributed by atoms with E-state index in [9.17, 15) is 14.4 Å². The van der Waals surface area contributed by atoms with E-state index >= 15 is 0 Å². The molecule has 5 rings (SSSR count). The molecule has 2 aromatic carbocycles. The zero-order valence-corrected chi connectivity index (χ0v) is 22.0. The maximum Gasteiger partial charge on any atom is 0.435 e. The zero-order valence-electron chi connectivity index (χ0n) is 22.0. The van der Waals surface area contributed by atoms with Crippen LogP contribution in [0.1, 0.15) is 40.2 Å². The molecule has 0 saturated carbocycles. The maximum absolute atomic E-state index is 13.4. The van der Waals surface area contributed by atoms with Gasteiger partial charge in [0.2, 0.25) is 0 Å². The van der Waals surface area contributed by atoms with Gasteiger partial charge in [0.15, 0.2) is 11.9 Å². The van der Waals surface area contributed by atoms with E-state index in [4.69, 9.17) is 14.2 Å². The van der Waals surface area contributed by atoms with Crippen LogP contribution in [0.4, 0.5) is 16.3 Å². The molecule has 0 radical (unpaired) electrons. The molecule has 3 aromatic rings. The summed E-state index contributed by atoms with van der Waals surface area (Å²) in [6, 6.07) is 16.5. The van der Waals surface area contributed by atoms with Crippen LogP contribution in [0.3, 0.4) is 0 Å². The van der Waals surface area contributed by atoms with E-state index < -0.39 is 12.2 Å². The third-order valence-electron chi connectivity index (χ3n) is 6.83. The van der Waals surface area contributed by atoms with Crippen molar-refractivity contribution in [3.63, 3.8) is 0 Å². The molecule has 0 bridgehead atoms. The Balaban J connectivity index is 1.36. The predicted molar refractivity (Wildman–Crippen MR) is 143 cm³/mol. The van der Waals surface area contributed by atoms with Crippen molar-refractivity contribution in [2.45, 2.75) is 26.1 Å². The molecule has 11 nitrogen and oxygen atoms in total. The summed E-state index contributed by atoms with van der Waals surface area (Å²) in [6.45, 7) is 5.08. The Morgan fingerprint density at radius 1 is 1.03 bits per heavy atom. The van der Waals surface area contributed by atoms with Gasteiger partial charge in [-0.1, -0.05) is 30.3 Å². The van der Waals surface area contributed by atoms with E-state index in [-0.39, 0.29) is 37.3 Å². The van der Waals surface area contributed by atoms with Crippen molar-refractivity contribution in [1.29, 1.82) is 0 Å². The molecule has 11 heteroatoms. The van der Waals surface area contributed by atoms with Crippen LogP contribution in [-0.4, -0.2) is 72.6 Å². The normalized spacial score (nSPS) is 15.5. The van der Waals surface area contributed by atoms with Gasteiger partial charge in [-0.15, -0.1) is 5.10 Å². The van der Waals surface area contributed by atoms with Crippen LogP contribution in [0.5, 0.6) is 0 Å². The van der Waals surface area contributed by atoms with Gasteiger partial charge in [-0.2, -0.15) is 4.68 Å². The SMILES string of the molecule is CCOC(=O)n1nc(NC(=O)c2ccc(N3CCOCC3)cc2)c2c1CN(C(=O)[C@H](OC)c1ccccc1)C2. The van der Waals surface area contributed by atoms with Crippen LogP contribution in [0.15, 0.2) is 54.6 Å². The fraction of sp³-hybridized carbons (Fsp3) is 0.357. The van der Waals surface area contributed by atoms with Crippen molar-refractivity contribution in [2.24, 2.45) is 0 Å². The lowest BCUT2D eigenvalue weighted by Gasteiger charge is -2.28. The van der Waals surface area contributed by atoms with Gasteiger partial charge >= 0.3 is 6.09 Å². The molecule has 1 saturated heterocycles. The number of rotatable bonds is 7. The molecule has 204 valence electrons. The molecule has 1 aromatic heterocycles. The number of carbonyl (C=O) groups is 3. The number of aromatic nitrogens is 2. The number of nitrogens with one attached hydrogen (secondary N) is 1. The number of morpholine rings is 1. The van der Waals surface area contributed by atoms with Gasteiger partial charge in [0, 0.05) is 37.0 Å². The number of ether oxygens (including phenoxy) is 3. The molecule has 0 unspecified atom stereocenters. The third-order valence-corrected chi connectivity index (χ3v) is 6.83. The molecule has 2 amide bonds. The summed E-state index contributed by atoms with van der Waals surface area (Å²) >= 11 is 0. The molecule has 39 heavy (non-hydrogen) atoms. The van der Waals surface area contributed by atoms with Crippen molar-refractivity contribution in [2.75, 3.05) is 50.2 Å². The van der Waals surface area contributed by atoms with Crippen LogP contribution < -0.4 is 10.2 Å². The molecule has 2 aliphatic rings. The largest absolute Gasteiger partial charge is 0.448 e. The van der Waals surface area contributed by atoms with E-state index in [1.165, 1.54) is 7.11 Å². The minimum absolute atomic E-state index is 0.122. The quantitative estimate of drug-likeness (QED) is 0.492. The molecule has 0 aliphatic carbocycles. The lowest BCUT2D eigenvalue weighted by atomic mass is 10.1.